The highest BCUT2D eigenvalue weighted by molar-refractivity contribution is 7.89. The zero-order valence-corrected chi connectivity index (χ0v) is 12.6. The van der Waals surface area contributed by atoms with Gasteiger partial charge in [-0.25, -0.2) is 13.1 Å². The van der Waals surface area contributed by atoms with Gasteiger partial charge in [-0.15, -0.1) is 0 Å². The van der Waals surface area contributed by atoms with E-state index in [1.807, 2.05) is 18.2 Å². The molecule has 1 rings (SSSR count). The first kappa shape index (κ1) is 16.9. The fourth-order valence-electron chi connectivity index (χ4n) is 1.52. The lowest BCUT2D eigenvalue weighted by molar-refractivity contribution is 0.0784. The average molecular weight is 303 g/mol. The molecule has 0 fully saturated rings. The fraction of sp³-hybridized carbons (Fsp3) is 0.538. The molecule has 20 heavy (non-hydrogen) atoms. The molecule has 0 aliphatic rings. The van der Waals surface area contributed by atoms with Crippen LogP contribution in [0.1, 0.15) is 5.56 Å². The van der Waals surface area contributed by atoms with Crippen molar-refractivity contribution in [2.75, 3.05) is 39.8 Å². The van der Waals surface area contributed by atoms with E-state index in [0.29, 0.717) is 19.0 Å². The first-order chi connectivity index (χ1) is 9.59. The Morgan fingerprint density at radius 2 is 1.85 bits per heavy atom. The Hall–Kier alpha value is -1.15. The van der Waals surface area contributed by atoms with Gasteiger partial charge >= 0.3 is 0 Å². The topological polar surface area (TPSA) is 73.9 Å². The molecule has 7 heteroatoms. The van der Waals surface area contributed by atoms with Crippen LogP contribution in [-0.2, 0) is 26.0 Å². The van der Waals surface area contributed by atoms with E-state index in [-0.39, 0.29) is 18.9 Å². The molecule has 0 aromatic heterocycles. The van der Waals surface area contributed by atoms with E-state index in [9.17, 15) is 8.42 Å². The molecule has 0 atom stereocenters. The summed E-state index contributed by atoms with van der Waals surface area (Å²) in [4.78, 5) is 0. The molecule has 0 saturated carbocycles. The summed E-state index contributed by atoms with van der Waals surface area (Å²) in [7, 11) is -0.246. The molecule has 0 heterocycles. The van der Waals surface area contributed by atoms with Crippen LogP contribution in [0.15, 0.2) is 24.3 Å². The minimum Gasteiger partial charge on any atom is -0.496 e. The van der Waals surface area contributed by atoms with E-state index in [4.69, 9.17) is 14.2 Å². The van der Waals surface area contributed by atoms with Gasteiger partial charge in [0, 0.05) is 19.2 Å². The number of ether oxygens (including phenoxy) is 3. The van der Waals surface area contributed by atoms with E-state index in [1.165, 1.54) is 0 Å². The van der Waals surface area contributed by atoms with Crippen LogP contribution in [0.5, 0.6) is 5.75 Å². The number of methoxy groups -OCH3 is 2. The highest BCUT2D eigenvalue weighted by atomic mass is 32.2. The molecule has 0 spiro atoms. The smallest absolute Gasteiger partial charge is 0.214 e. The lowest BCUT2D eigenvalue weighted by Crippen LogP contribution is -2.28. The number of para-hydroxylation sites is 1. The first-order valence-electron chi connectivity index (χ1n) is 6.25. The van der Waals surface area contributed by atoms with Crippen molar-refractivity contribution in [1.29, 1.82) is 0 Å². The van der Waals surface area contributed by atoms with Gasteiger partial charge in [0.1, 0.15) is 5.75 Å². The standard InChI is InChI=1S/C13H21NO5S/c1-17-7-8-19-9-10-20(15,16)14-11-12-5-3-4-6-13(12)18-2/h3-6,14H,7-11H2,1-2H3. The van der Waals surface area contributed by atoms with E-state index in [2.05, 4.69) is 4.72 Å². The van der Waals surface area contributed by atoms with Crippen molar-refractivity contribution in [2.24, 2.45) is 0 Å². The zero-order chi connectivity index (χ0) is 14.8. The average Bonchev–Trinajstić information content (AvgIpc) is 2.45. The van der Waals surface area contributed by atoms with Crippen molar-refractivity contribution in [3.8, 4) is 5.75 Å². The van der Waals surface area contributed by atoms with Gasteiger partial charge in [-0.1, -0.05) is 18.2 Å². The minimum atomic E-state index is -3.36. The monoisotopic (exact) mass is 303 g/mol. The van der Waals surface area contributed by atoms with Gasteiger partial charge in [0.15, 0.2) is 0 Å². The lowest BCUT2D eigenvalue weighted by Gasteiger charge is -2.10. The highest BCUT2D eigenvalue weighted by Crippen LogP contribution is 2.16. The van der Waals surface area contributed by atoms with Crippen molar-refractivity contribution in [2.45, 2.75) is 6.54 Å². The Kier molecular flexibility index (Phi) is 7.53. The molecule has 0 bridgehead atoms. The summed E-state index contributed by atoms with van der Waals surface area (Å²) < 4.78 is 41.2. The van der Waals surface area contributed by atoms with Crippen molar-refractivity contribution < 1.29 is 22.6 Å². The highest BCUT2D eigenvalue weighted by Gasteiger charge is 2.11. The summed E-state index contributed by atoms with van der Waals surface area (Å²) in [6, 6.07) is 7.27. The van der Waals surface area contributed by atoms with E-state index >= 15 is 0 Å². The Morgan fingerprint density at radius 1 is 1.10 bits per heavy atom. The molecule has 0 amide bonds. The van der Waals surface area contributed by atoms with Crippen LogP contribution in [0.2, 0.25) is 0 Å². The summed E-state index contributed by atoms with van der Waals surface area (Å²) in [5, 5.41) is 0. The maximum Gasteiger partial charge on any atom is 0.214 e. The second kappa shape index (κ2) is 8.91. The predicted octanol–water partition coefficient (Wildman–Crippen LogP) is 0.778. The third kappa shape index (κ3) is 6.33. The van der Waals surface area contributed by atoms with Crippen LogP contribution in [0.25, 0.3) is 0 Å². The zero-order valence-electron chi connectivity index (χ0n) is 11.8. The maximum atomic E-state index is 11.8. The predicted molar refractivity (Wildman–Crippen MR) is 76.3 cm³/mol. The molecule has 6 nitrogen and oxygen atoms in total. The number of benzene rings is 1. The number of sulfonamides is 1. The number of hydrogen-bond donors (Lipinski definition) is 1. The summed E-state index contributed by atoms with van der Waals surface area (Å²) in [6.45, 7) is 1.18. The van der Waals surface area contributed by atoms with Crippen LogP contribution >= 0.6 is 0 Å². The van der Waals surface area contributed by atoms with Crippen molar-refractivity contribution in [3.05, 3.63) is 29.8 Å². The van der Waals surface area contributed by atoms with Gasteiger partial charge in [-0.2, -0.15) is 0 Å². The fourth-order valence-corrected chi connectivity index (χ4v) is 2.38. The lowest BCUT2D eigenvalue weighted by atomic mass is 10.2. The van der Waals surface area contributed by atoms with Crippen molar-refractivity contribution in [1.82, 2.24) is 4.72 Å². The Balaban J connectivity index is 2.39. The van der Waals surface area contributed by atoms with Gasteiger partial charge < -0.3 is 14.2 Å². The molecule has 114 valence electrons. The van der Waals surface area contributed by atoms with E-state index in [0.717, 1.165) is 5.56 Å². The second-order valence-electron chi connectivity index (χ2n) is 4.06. The summed E-state index contributed by atoms with van der Waals surface area (Å²) in [6.07, 6.45) is 0. The van der Waals surface area contributed by atoms with E-state index < -0.39 is 10.0 Å². The molecule has 0 unspecified atom stereocenters. The molecule has 0 radical (unpaired) electrons. The van der Waals surface area contributed by atoms with Gasteiger partial charge in [-0.05, 0) is 6.07 Å². The van der Waals surface area contributed by atoms with Gasteiger partial charge in [-0.3, -0.25) is 0 Å². The third-order valence-corrected chi connectivity index (χ3v) is 3.89. The quantitative estimate of drug-likeness (QED) is 0.647. The van der Waals surface area contributed by atoms with Crippen molar-refractivity contribution >= 4 is 10.0 Å². The molecule has 1 aromatic rings. The molecule has 0 aliphatic carbocycles. The molecular formula is C13H21NO5S. The van der Waals surface area contributed by atoms with Crippen LogP contribution in [0, 0.1) is 0 Å². The first-order valence-corrected chi connectivity index (χ1v) is 7.90. The number of rotatable bonds is 10. The van der Waals surface area contributed by atoms with Gasteiger partial charge in [0.05, 0.1) is 32.7 Å². The summed E-state index contributed by atoms with van der Waals surface area (Å²) in [5.74, 6) is 0.581. The van der Waals surface area contributed by atoms with Crippen LogP contribution in [0.4, 0.5) is 0 Å². The number of nitrogens with one attached hydrogen (secondary N) is 1. The summed E-state index contributed by atoms with van der Waals surface area (Å²) >= 11 is 0. The normalized spacial score (nSPS) is 11.5. The summed E-state index contributed by atoms with van der Waals surface area (Å²) in [5.41, 5.74) is 0.791. The van der Waals surface area contributed by atoms with Gasteiger partial charge in [0.25, 0.3) is 0 Å². The van der Waals surface area contributed by atoms with Gasteiger partial charge in [0.2, 0.25) is 10.0 Å². The van der Waals surface area contributed by atoms with Crippen LogP contribution < -0.4 is 9.46 Å². The van der Waals surface area contributed by atoms with Crippen LogP contribution in [0.3, 0.4) is 0 Å². The minimum absolute atomic E-state index is 0.0775. The number of hydrogen-bond acceptors (Lipinski definition) is 5. The molecule has 0 saturated heterocycles. The molecule has 1 N–H and O–H groups in total. The molecule has 0 aliphatic heterocycles. The van der Waals surface area contributed by atoms with E-state index in [1.54, 1.807) is 20.3 Å². The third-order valence-electron chi connectivity index (χ3n) is 2.60. The Bertz CT molecular complexity index is 489. The molecule has 1 aromatic carbocycles. The molecular weight excluding hydrogens is 282 g/mol. The second-order valence-corrected chi connectivity index (χ2v) is 5.98. The SMILES string of the molecule is COCCOCCS(=O)(=O)NCc1ccccc1OC. The largest absolute Gasteiger partial charge is 0.496 e. The van der Waals surface area contributed by atoms with Crippen molar-refractivity contribution in [3.63, 3.8) is 0 Å². The van der Waals surface area contributed by atoms with Crippen LogP contribution in [-0.4, -0.2) is 48.2 Å². The maximum absolute atomic E-state index is 11.8. The Labute approximate surface area is 120 Å². The Morgan fingerprint density at radius 3 is 2.55 bits per heavy atom.